The molecule has 4 heteroatoms. The zero-order valence-electron chi connectivity index (χ0n) is 11.9. The molecule has 0 fully saturated rings. The maximum Gasteiger partial charge on any atom is 0.251 e. The second kappa shape index (κ2) is 5.58. The molecule has 4 nitrogen and oxygen atoms in total. The van der Waals surface area contributed by atoms with Crippen LogP contribution in [-0.4, -0.2) is 5.91 Å². The van der Waals surface area contributed by atoms with Crippen molar-refractivity contribution in [3.8, 4) is 0 Å². The molecule has 1 atom stereocenters. The van der Waals surface area contributed by atoms with Crippen molar-refractivity contribution in [2.24, 2.45) is 0 Å². The molecule has 0 spiro atoms. The highest BCUT2D eigenvalue weighted by Crippen LogP contribution is 2.22. The number of para-hydroxylation sites is 1. The summed E-state index contributed by atoms with van der Waals surface area (Å²) in [5.74, 6) is -0.0968. The molecule has 1 aliphatic heterocycles. The first-order chi connectivity index (χ1) is 10.1. The normalized spacial score (nSPS) is 14.5. The average molecular weight is 282 g/mol. The molecule has 2 aromatic carbocycles. The Kier molecular flexibility index (Phi) is 3.62. The molecular weight excluding hydrogens is 264 g/mol. The molecule has 1 aliphatic rings. The van der Waals surface area contributed by atoms with Gasteiger partial charge in [-0.2, -0.15) is 0 Å². The summed E-state index contributed by atoms with van der Waals surface area (Å²) in [5, 5.41) is 2.98. The zero-order valence-corrected chi connectivity index (χ0v) is 11.9. The van der Waals surface area contributed by atoms with Gasteiger partial charge < -0.3 is 15.8 Å². The Morgan fingerprint density at radius 2 is 1.95 bits per heavy atom. The van der Waals surface area contributed by atoms with Gasteiger partial charge in [0.25, 0.3) is 5.91 Å². The van der Waals surface area contributed by atoms with Gasteiger partial charge in [0, 0.05) is 11.3 Å². The number of rotatable bonds is 3. The molecule has 3 N–H and O–H groups in total. The topological polar surface area (TPSA) is 64.3 Å². The van der Waals surface area contributed by atoms with Gasteiger partial charge in [-0.3, -0.25) is 4.79 Å². The minimum atomic E-state index is -0.136. The molecule has 1 heterocycles. The van der Waals surface area contributed by atoms with Gasteiger partial charge in [0.2, 0.25) is 0 Å². The van der Waals surface area contributed by atoms with Crippen LogP contribution in [0.4, 0.5) is 5.69 Å². The minimum absolute atomic E-state index is 0.0968. The van der Waals surface area contributed by atoms with Crippen LogP contribution in [0, 0.1) is 0 Å². The smallest absolute Gasteiger partial charge is 0.251 e. The van der Waals surface area contributed by atoms with Crippen molar-refractivity contribution in [3.05, 3.63) is 64.7 Å². The third-order valence-corrected chi connectivity index (χ3v) is 3.79. The zero-order chi connectivity index (χ0) is 14.8. The predicted molar refractivity (Wildman–Crippen MR) is 81.7 cm³/mol. The van der Waals surface area contributed by atoms with Crippen molar-refractivity contribution in [2.75, 3.05) is 5.73 Å². The van der Waals surface area contributed by atoms with E-state index in [2.05, 4.69) is 5.32 Å². The molecule has 2 aromatic rings. The fraction of sp³-hybridized carbons (Fsp3) is 0.235. The second-order valence-corrected chi connectivity index (χ2v) is 5.30. The molecule has 0 radical (unpaired) electrons. The van der Waals surface area contributed by atoms with Gasteiger partial charge in [-0.1, -0.05) is 24.3 Å². The van der Waals surface area contributed by atoms with Crippen molar-refractivity contribution in [2.45, 2.75) is 26.2 Å². The molecular formula is C17H18N2O2. The van der Waals surface area contributed by atoms with Gasteiger partial charge >= 0.3 is 0 Å². The van der Waals surface area contributed by atoms with E-state index in [9.17, 15) is 4.79 Å². The van der Waals surface area contributed by atoms with Crippen molar-refractivity contribution in [3.63, 3.8) is 0 Å². The van der Waals surface area contributed by atoms with E-state index in [1.807, 2.05) is 49.4 Å². The van der Waals surface area contributed by atoms with Crippen LogP contribution in [0.25, 0.3) is 0 Å². The Bertz CT molecular complexity index is 682. The van der Waals surface area contributed by atoms with Crippen molar-refractivity contribution < 1.29 is 9.53 Å². The Hall–Kier alpha value is -2.33. The van der Waals surface area contributed by atoms with E-state index in [4.69, 9.17) is 10.5 Å². The molecule has 0 aromatic heterocycles. The Labute approximate surface area is 123 Å². The monoisotopic (exact) mass is 282 g/mol. The third-order valence-electron chi connectivity index (χ3n) is 3.79. The number of nitrogens with two attached hydrogens (primary N) is 1. The van der Waals surface area contributed by atoms with Gasteiger partial charge in [-0.25, -0.2) is 0 Å². The lowest BCUT2D eigenvalue weighted by Crippen LogP contribution is -2.27. The lowest BCUT2D eigenvalue weighted by Gasteiger charge is -2.16. The number of fused-ring (bicyclic) bond motifs is 1. The van der Waals surface area contributed by atoms with E-state index in [1.54, 1.807) is 0 Å². The predicted octanol–water partition coefficient (Wildman–Crippen LogP) is 2.79. The van der Waals surface area contributed by atoms with Crippen LogP contribution < -0.4 is 11.1 Å². The summed E-state index contributed by atoms with van der Waals surface area (Å²) < 4.78 is 5.37. The highest BCUT2D eigenvalue weighted by atomic mass is 16.5. The minimum Gasteiger partial charge on any atom is -0.398 e. The van der Waals surface area contributed by atoms with Crippen LogP contribution in [0.5, 0.6) is 0 Å². The number of amides is 1. The SMILES string of the molecule is CC(NC(=O)c1ccc2c(c1)COC2)c1ccccc1N. The Balaban J connectivity index is 1.76. The molecule has 0 saturated carbocycles. The summed E-state index contributed by atoms with van der Waals surface area (Å²) in [6.45, 7) is 3.14. The summed E-state index contributed by atoms with van der Waals surface area (Å²) in [4.78, 5) is 12.3. The molecule has 21 heavy (non-hydrogen) atoms. The summed E-state index contributed by atoms with van der Waals surface area (Å²) >= 11 is 0. The second-order valence-electron chi connectivity index (χ2n) is 5.30. The van der Waals surface area contributed by atoms with E-state index in [0.29, 0.717) is 24.5 Å². The standard InChI is InChI=1S/C17H18N2O2/c1-11(15-4-2-3-5-16(15)18)19-17(20)12-6-7-13-9-21-10-14(13)8-12/h2-8,11H,9-10,18H2,1H3,(H,19,20). The van der Waals surface area contributed by atoms with Gasteiger partial charge in [-0.05, 0) is 41.8 Å². The first kappa shape index (κ1) is 13.6. The summed E-state index contributed by atoms with van der Waals surface area (Å²) in [6.07, 6.45) is 0. The first-order valence-corrected chi connectivity index (χ1v) is 7.00. The number of benzene rings is 2. The molecule has 3 rings (SSSR count). The third kappa shape index (κ3) is 2.76. The van der Waals surface area contributed by atoms with Gasteiger partial charge in [0.05, 0.1) is 19.3 Å². The van der Waals surface area contributed by atoms with E-state index < -0.39 is 0 Å². The van der Waals surface area contributed by atoms with E-state index in [1.165, 1.54) is 0 Å². The van der Waals surface area contributed by atoms with Crippen LogP contribution in [-0.2, 0) is 18.0 Å². The Morgan fingerprint density at radius 3 is 2.76 bits per heavy atom. The fourth-order valence-electron chi connectivity index (χ4n) is 2.58. The average Bonchev–Trinajstić information content (AvgIpc) is 2.94. The molecule has 0 aliphatic carbocycles. The van der Waals surface area contributed by atoms with Crippen LogP contribution >= 0.6 is 0 Å². The number of carbonyl (C=O) groups is 1. The maximum atomic E-state index is 12.3. The van der Waals surface area contributed by atoms with Gasteiger partial charge in [0.1, 0.15) is 0 Å². The molecule has 0 bridgehead atoms. The van der Waals surface area contributed by atoms with Gasteiger partial charge in [-0.15, -0.1) is 0 Å². The number of nitrogen functional groups attached to an aromatic ring is 1. The quantitative estimate of drug-likeness (QED) is 0.851. The van der Waals surface area contributed by atoms with Crippen molar-refractivity contribution in [1.29, 1.82) is 0 Å². The maximum absolute atomic E-state index is 12.3. The first-order valence-electron chi connectivity index (χ1n) is 7.00. The number of hydrogen-bond acceptors (Lipinski definition) is 3. The van der Waals surface area contributed by atoms with Gasteiger partial charge in [0.15, 0.2) is 0 Å². The molecule has 1 unspecified atom stereocenters. The fourth-order valence-corrected chi connectivity index (χ4v) is 2.58. The largest absolute Gasteiger partial charge is 0.398 e. The van der Waals surface area contributed by atoms with Crippen molar-refractivity contribution >= 4 is 11.6 Å². The highest BCUT2D eigenvalue weighted by Gasteiger charge is 2.16. The number of nitrogens with one attached hydrogen (secondary N) is 1. The van der Waals surface area contributed by atoms with Crippen molar-refractivity contribution in [1.82, 2.24) is 5.32 Å². The Morgan fingerprint density at radius 1 is 1.19 bits per heavy atom. The number of anilines is 1. The van der Waals surface area contributed by atoms with E-state index in [-0.39, 0.29) is 11.9 Å². The van der Waals surface area contributed by atoms with Crippen LogP contribution in [0.1, 0.15) is 40.0 Å². The van der Waals surface area contributed by atoms with Crippen LogP contribution in [0.3, 0.4) is 0 Å². The summed E-state index contributed by atoms with van der Waals surface area (Å²) in [5.41, 5.74) is 10.5. The number of ether oxygens (including phenoxy) is 1. The van der Waals surface area contributed by atoms with Crippen LogP contribution in [0.15, 0.2) is 42.5 Å². The number of carbonyl (C=O) groups excluding carboxylic acids is 1. The van der Waals surface area contributed by atoms with Crippen LogP contribution in [0.2, 0.25) is 0 Å². The molecule has 108 valence electrons. The summed E-state index contributed by atoms with van der Waals surface area (Å²) in [7, 11) is 0. The highest BCUT2D eigenvalue weighted by molar-refractivity contribution is 5.94. The lowest BCUT2D eigenvalue weighted by atomic mass is 10.0. The molecule has 1 amide bonds. The van der Waals surface area contributed by atoms with E-state index in [0.717, 1.165) is 16.7 Å². The lowest BCUT2D eigenvalue weighted by molar-refractivity contribution is 0.0940. The molecule has 0 saturated heterocycles. The number of hydrogen-bond donors (Lipinski definition) is 2. The summed E-state index contributed by atoms with van der Waals surface area (Å²) in [6, 6.07) is 13.1. The van der Waals surface area contributed by atoms with E-state index >= 15 is 0 Å².